The molecular formula is C25H29N3O5S. The Kier molecular flexibility index (Phi) is 5.64. The summed E-state index contributed by atoms with van der Waals surface area (Å²) in [5.41, 5.74) is 1.78. The predicted molar refractivity (Wildman–Crippen MR) is 129 cm³/mol. The molecule has 2 aliphatic carbocycles. The summed E-state index contributed by atoms with van der Waals surface area (Å²) >= 11 is 0. The molecule has 1 saturated heterocycles. The molecule has 2 saturated carbocycles. The van der Waals surface area contributed by atoms with Gasteiger partial charge in [-0.2, -0.15) is 0 Å². The Balaban J connectivity index is 1.24. The number of hydrogen-bond donors (Lipinski definition) is 1. The van der Waals surface area contributed by atoms with Gasteiger partial charge in [-0.05, 0) is 61.1 Å². The van der Waals surface area contributed by atoms with E-state index in [1.165, 1.54) is 4.31 Å². The number of amides is 2. The maximum absolute atomic E-state index is 13.0. The molecule has 3 fully saturated rings. The molecule has 1 aliphatic heterocycles. The van der Waals surface area contributed by atoms with Crippen molar-refractivity contribution < 1.29 is 23.1 Å². The molecule has 2 aromatic rings. The molecular weight excluding hydrogens is 454 g/mol. The zero-order valence-electron chi connectivity index (χ0n) is 19.2. The minimum absolute atomic E-state index is 0.0900. The van der Waals surface area contributed by atoms with Crippen molar-refractivity contribution in [3.8, 4) is 11.1 Å². The molecule has 0 aromatic heterocycles. The largest absolute Gasteiger partial charge is 0.380 e. The lowest BCUT2D eigenvalue weighted by molar-refractivity contribution is -0.143. The number of rotatable bonds is 6. The van der Waals surface area contributed by atoms with E-state index in [4.69, 9.17) is 0 Å². The van der Waals surface area contributed by atoms with Gasteiger partial charge < -0.3 is 14.9 Å². The molecule has 0 radical (unpaired) electrons. The molecule has 180 valence electrons. The van der Waals surface area contributed by atoms with E-state index in [2.05, 4.69) is 0 Å². The van der Waals surface area contributed by atoms with Crippen LogP contribution in [0.25, 0.3) is 11.1 Å². The van der Waals surface area contributed by atoms with Crippen LogP contribution in [-0.4, -0.2) is 79.2 Å². The smallest absolute Gasteiger partial charge is 0.254 e. The zero-order valence-corrected chi connectivity index (χ0v) is 20.0. The Hall–Kier alpha value is -2.91. The van der Waals surface area contributed by atoms with Crippen LogP contribution in [-0.2, 0) is 14.8 Å². The summed E-state index contributed by atoms with van der Waals surface area (Å²) in [5, 5.41) is 9.76. The van der Waals surface area contributed by atoms with Crippen molar-refractivity contribution in [3.63, 3.8) is 0 Å². The van der Waals surface area contributed by atoms with Crippen LogP contribution in [0.4, 0.5) is 5.69 Å². The minimum atomic E-state index is -3.32. The molecule has 5 rings (SSSR count). The van der Waals surface area contributed by atoms with E-state index in [-0.39, 0.29) is 17.1 Å². The highest BCUT2D eigenvalue weighted by Crippen LogP contribution is 2.37. The standard InChI is InChI=1S/C25H29N3O5S/c1-26(34(32,33)22-9-10-22)21-4-2-3-20(17-21)18-5-7-19(8-6-18)23(29)27-13-15-28(16-14-27)24(30)25(31)11-12-25/h2-8,17,22,31H,9-16H2,1H3. The van der Waals surface area contributed by atoms with E-state index < -0.39 is 15.6 Å². The second-order valence-electron chi connectivity index (χ2n) is 9.46. The van der Waals surface area contributed by atoms with Crippen molar-refractivity contribution in [2.24, 2.45) is 0 Å². The number of nitrogens with zero attached hydrogens (tertiary/aromatic N) is 3. The fraction of sp³-hybridized carbons (Fsp3) is 0.440. The first-order chi connectivity index (χ1) is 16.2. The number of aliphatic hydroxyl groups is 1. The van der Waals surface area contributed by atoms with Gasteiger partial charge in [0.2, 0.25) is 10.0 Å². The average Bonchev–Trinajstić information content (AvgIpc) is 3.79. The molecule has 9 heteroatoms. The van der Waals surface area contributed by atoms with E-state index >= 15 is 0 Å². The van der Waals surface area contributed by atoms with Crippen LogP contribution in [0.3, 0.4) is 0 Å². The SMILES string of the molecule is CN(c1cccc(-c2ccc(C(=O)N3CCN(C(=O)C4(O)CC4)CC3)cc2)c1)S(=O)(=O)C1CC1. The fourth-order valence-corrected chi connectivity index (χ4v) is 5.93. The molecule has 2 aromatic carbocycles. The van der Waals surface area contributed by atoms with Crippen LogP contribution in [0, 0.1) is 0 Å². The summed E-state index contributed by atoms with van der Waals surface area (Å²) in [4.78, 5) is 28.6. The van der Waals surface area contributed by atoms with Crippen LogP contribution in [0.5, 0.6) is 0 Å². The molecule has 1 heterocycles. The Morgan fingerprint density at radius 1 is 0.941 bits per heavy atom. The second-order valence-corrected chi connectivity index (χ2v) is 11.7. The van der Waals surface area contributed by atoms with Crippen LogP contribution < -0.4 is 4.31 Å². The Labute approximate surface area is 199 Å². The Bertz CT molecular complexity index is 1210. The number of piperazine rings is 1. The highest BCUT2D eigenvalue weighted by molar-refractivity contribution is 7.93. The number of benzene rings is 2. The quantitative estimate of drug-likeness (QED) is 0.679. The van der Waals surface area contributed by atoms with Crippen molar-refractivity contribution in [3.05, 3.63) is 54.1 Å². The molecule has 0 bridgehead atoms. The fourth-order valence-electron chi connectivity index (χ4n) is 4.34. The third kappa shape index (κ3) is 4.30. The number of carbonyl (C=O) groups excluding carboxylic acids is 2. The molecule has 34 heavy (non-hydrogen) atoms. The summed E-state index contributed by atoms with van der Waals surface area (Å²) in [7, 11) is -1.73. The first-order valence-corrected chi connectivity index (χ1v) is 13.2. The molecule has 8 nitrogen and oxygen atoms in total. The number of sulfonamides is 1. The molecule has 0 unspecified atom stereocenters. The molecule has 2 amide bonds. The van der Waals surface area contributed by atoms with Gasteiger partial charge in [0, 0.05) is 38.8 Å². The van der Waals surface area contributed by atoms with E-state index in [1.807, 2.05) is 30.3 Å². The average molecular weight is 484 g/mol. The van der Waals surface area contributed by atoms with Crippen molar-refractivity contribution in [2.75, 3.05) is 37.5 Å². The minimum Gasteiger partial charge on any atom is -0.380 e. The first kappa shape index (κ1) is 22.9. The first-order valence-electron chi connectivity index (χ1n) is 11.7. The third-order valence-corrected chi connectivity index (χ3v) is 9.27. The van der Waals surface area contributed by atoms with Crippen LogP contribution in [0.2, 0.25) is 0 Å². The summed E-state index contributed by atoms with van der Waals surface area (Å²) in [6, 6.07) is 14.7. The normalized spacial score (nSPS) is 19.6. The van der Waals surface area contributed by atoms with E-state index in [1.54, 1.807) is 35.0 Å². The van der Waals surface area contributed by atoms with Gasteiger partial charge in [0.25, 0.3) is 11.8 Å². The lowest BCUT2D eigenvalue weighted by Gasteiger charge is -2.35. The van der Waals surface area contributed by atoms with Gasteiger partial charge in [0.05, 0.1) is 10.9 Å². The van der Waals surface area contributed by atoms with Crippen molar-refractivity contribution >= 4 is 27.5 Å². The number of carbonyl (C=O) groups is 2. The Morgan fingerprint density at radius 2 is 1.56 bits per heavy atom. The van der Waals surface area contributed by atoms with E-state index in [0.29, 0.717) is 50.3 Å². The van der Waals surface area contributed by atoms with Crippen LogP contribution in [0.15, 0.2) is 48.5 Å². The molecule has 0 spiro atoms. The van der Waals surface area contributed by atoms with Gasteiger partial charge in [-0.25, -0.2) is 8.42 Å². The molecule has 3 aliphatic rings. The second kappa shape index (κ2) is 8.39. The summed E-state index contributed by atoms with van der Waals surface area (Å²) < 4.78 is 26.5. The van der Waals surface area contributed by atoms with Gasteiger partial charge in [-0.15, -0.1) is 0 Å². The van der Waals surface area contributed by atoms with Gasteiger partial charge in [0.1, 0.15) is 5.60 Å². The Morgan fingerprint density at radius 3 is 2.15 bits per heavy atom. The highest BCUT2D eigenvalue weighted by atomic mass is 32.2. The van der Waals surface area contributed by atoms with E-state index in [9.17, 15) is 23.1 Å². The molecule has 0 atom stereocenters. The highest BCUT2D eigenvalue weighted by Gasteiger charge is 2.50. The number of anilines is 1. The summed E-state index contributed by atoms with van der Waals surface area (Å²) in [6.07, 6.45) is 2.48. The number of hydrogen-bond acceptors (Lipinski definition) is 5. The third-order valence-electron chi connectivity index (χ3n) is 6.98. The van der Waals surface area contributed by atoms with Crippen molar-refractivity contribution in [2.45, 2.75) is 36.5 Å². The lowest BCUT2D eigenvalue weighted by Crippen LogP contribution is -2.53. The zero-order chi connectivity index (χ0) is 24.1. The monoisotopic (exact) mass is 483 g/mol. The lowest BCUT2D eigenvalue weighted by atomic mass is 10.0. The maximum Gasteiger partial charge on any atom is 0.254 e. The van der Waals surface area contributed by atoms with E-state index in [0.717, 1.165) is 24.0 Å². The van der Waals surface area contributed by atoms with Crippen molar-refractivity contribution in [1.29, 1.82) is 0 Å². The van der Waals surface area contributed by atoms with Gasteiger partial charge in [0.15, 0.2) is 0 Å². The molecule has 1 N–H and O–H groups in total. The summed E-state index contributed by atoms with van der Waals surface area (Å²) in [6.45, 7) is 1.72. The van der Waals surface area contributed by atoms with Gasteiger partial charge >= 0.3 is 0 Å². The van der Waals surface area contributed by atoms with Gasteiger partial charge in [-0.3, -0.25) is 13.9 Å². The maximum atomic E-state index is 13.0. The summed E-state index contributed by atoms with van der Waals surface area (Å²) in [5.74, 6) is -0.311. The topological polar surface area (TPSA) is 98.2 Å². The predicted octanol–water partition coefficient (Wildman–Crippen LogP) is 2.09. The van der Waals surface area contributed by atoms with Crippen molar-refractivity contribution in [1.82, 2.24) is 9.80 Å². The van der Waals surface area contributed by atoms with Crippen LogP contribution >= 0.6 is 0 Å². The van der Waals surface area contributed by atoms with Gasteiger partial charge in [-0.1, -0.05) is 24.3 Å². The van der Waals surface area contributed by atoms with Crippen LogP contribution in [0.1, 0.15) is 36.0 Å².